The minimum Gasteiger partial charge on any atom is -0.465 e. The van der Waals surface area contributed by atoms with Gasteiger partial charge in [0.15, 0.2) is 0 Å². The number of nitrogens with zero attached hydrogens (tertiary/aromatic N) is 1. The maximum absolute atomic E-state index is 13.2. The number of aliphatic hydroxyl groups is 1. The highest BCUT2D eigenvalue weighted by atomic mass is 35.5. The molecule has 20 heavy (non-hydrogen) atoms. The van der Waals surface area contributed by atoms with E-state index in [4.69, 9.17) is 21.4 Å². The SMILES string of the molecule is O=C(O)N1CCOC(c2ccc(F)c(Cl)c2)C(CO)C1. The van der Waals surface area contributed by atoms with E-state index < -0.39 is 23.9 Å². The maximum atomic E-state index is 13.2. The molecule has 2 unspecified atom stereocenters. The fourth-order valence-corrected chi connectivity index (χ4v) is 2.47. The van der Waals surface area contributed by atoms with Crippen LogP contribution in [0.2, 0.25) is 5.02 Å². The Morgan fingerprint density at radius 2 is 2.30 bits per heavy atom. The predicted octanol–water partition coefficient (Wildman–Crippen LogP) is 2.14. The van der Waals surface area contributed by atoms with Crippen LogP contribution in [0.1, 0.15) is 11.7 Å². The van der Waals surface area contributed by atoms with Crippen molar-refractivity contribution in [2.24, 2.45) is 5.92 Å². The molecule has 1 saturated heterocycles. The fourth-order valence-electron chi connectivity index (χ4n) is 2.28. The summed E-state index contributed by atoms with van der Waals surface area (Å²) in [5, 5.41) is 18.5. The molecule has 0 aliphatic carbocycles. The van der Waals surface area contributed by atoms with Gasteiger partial charge in [-0.25, -0.2) is 9.18 Å². The molecule has 0 spiro atoms. The van der Waals surface area contributed by atoms with Crippen molar-refractivity contribution < 1.29 is 24.1 Å². The van der Waals surface area contributed by atoms with Crippen molar-refractivity contribution in [1.29, 1.82) is 0 Å². The predicted molar refractivity (Wildman–Crippen MR) is 70.3 cm³/mol. The molecule has 1 heterocycles. The molecule has 1 amide bonds. The van der Waals surface area contributed by atoms with Gasteiger partial charge in [0.05, 0.1) is 24.3 Å². The lowest BCUT2D eigenvalue weighted by molar-refractivity contribution is 0.0113. The summed E-state index contributed by atoms with van der Waals surface area (Å²) in [4.78, 5) is 12.2. The number of carbonyl (C=O) groups is 1. The topological polar surface area (TPSA) is 70.0 Å². The van der Waals surface area contributed by atoms with Crippen molar-refractivity contribution in [3.63, 3.8) is 0 Å². The maximum Gasteiger partial charge on any atom is 0.407 e. The summed E-state index contributed by atoms with van der Waals surface area (Å²) in [5.41, 5.74) is 0.627. The van der Waals surface area contributed by atoms with Crippen LogP contribution in [0, 0.1) is 11.7 Å². The summed E-state index contributed by atoms with van der Waals surface area (Å²) in [7, 11) is 0. The number of hydrogen-bond donors (Lipinski definition) is 2. The van der Waals surface area contributed by atoms with Crippen LogP contribution in [0.5, 0.6) is 0 Å². The van der Waals surface area contributed by atoms with E-state index in [1.807, 2.05) is 0 Å². The third-order valence-electron chi connectivity index (χ3n) is 3.32. The molecule has 1 aliphatic heterocycles. The van der Waals surface area contributed by atoms with Crippen molar-refractivity contribution in [2.75, 3.05) is 26.3 Å². The summed E-state index contributed by atoms with van der Waals surface area (Å²) in [6, 6.07) is 4.21. The van der Waals surface area contributed by atoms with Crippen LogP contribution in [0.25, 0.3) is 0 Å². The van der Waals surface area contributed by atoms with Crippen LogP contribution in [0.4, 0.5) is 9.18 Å². The van der Waals surface area contributed by atoms with Crippen LogP contribution in [0.15, 0.2) is 18.2 Å². The van der Waals surface area contributed by atoms with Crippen LogP contribution in [-0.2, 0) is 4.74 Å². The zero-order valence-corrected chi connectivity index (χ0v) is 11.4. The Labute approximate surface area is 120 Å². The van der Waals surface area contributed by atoms with E-state index in [1.165, 1.54) is 23.1 Å². The van der Waals surface area contributed by atoms with Crippen molar-refractivity contribution in [3.8, 4) is 0 Å². The smallest absolute Gasteiger partial charge is 0.407 e. The van der Waals surface area contributed by atoms with Crippen molar-refractivity contribution in [1.82, 2.24) is 4.90 Å². The quantitative estimate of drug-likeness (QED) is 0.878. The largest absolute Gasteiger partial charge is 0.465 e. The summed E-state index contributed by atoms with van der Waals surface area (Å²) < 4.78 is 18.8. The third-order valence-corrected chi connectivity index (χ3v) is 3.61. The van der Waals surface area contributed by atoms with Crippen molar-refractivity contribution in [2.45, 2.75) is 6.10 Å². The van der Waals surface area contributed by atoms with E-state index in [0.29, 0.717) is 5.56 Å². The molecule has 7 heteroatoms. The first kappa shape index (κ1) is 15.0. The van der Waals surface area contributed by atoms with E-state index in [0.717, 1.165) is 0 Å². The van der Waals surface area contributed by atoms with Crippen LogP contribution in [0.3, 0.4) is 0 Å². The lowest BCUT2D eigenvalue weighted by Gasteiger charge is -2.25. The lowest BCUT2D eigenvalue weighted by atomic mass is 9.96. The number of halogens is 2. The summed E-state index contributed by atoms with van der Waals surface area (Å²) in [6.07, 6.45) is -1.56. The lowest BCUT2D eigenvalue weighted by Crippen LogP contribution is -2.36. The first-order valence-corrected chi connectivity index (χ1v) is 6.56. The summed E-state index contributed by atoms with van der Waals surface area (Å²) in [5.74, 6) is -0.952. The molecular weight excluding hydrogens is 289 g/mol. The molecular formula is C13H15ClFNO4. The number of ether oxygens (including phenoxy) is 1. The van der Waals surface area contributed by atoms with Gasteiger partial charge in [-0.1, -0.05) is 17.7 Å². The molecule has 1 aromatic carbocycles. The number of benzene rings is 1. The van der Waals surface area contributed by atoms with Crippen molar-refractivity contribution in [3.05, 3.63) is 34.6 Å². The monoisotopic (exact) mass is 303 g/mol. The minimum absolute atomic E-state index is 0.0258. The molecule has 0 saturated carbocycles. The molecule has 0 radical (unpaired) electrons. The summed E-state index contributed by atoms with van der Waals surface area (Å²) in [6.45, 7) is 0.370. The second kappa shape index (κ2) is 6.39. The highest BCUT2D eigenvalue weighted by Crippen LogP contribution is 2.31. The fraction of sp³-hybridized carbons (Fsp3) is 0.462. The molecule has 1 aromatic rings. The Hall–Kier alpha value is -1.37. The zero-order valence-electron chi connectivity index (χ0n) is 10.6. The molecule has 2 N–H and O–H groups in total. The van der Waals surface area contributed by atoms with E-state index in [2.05, 4.69) is 0 Å². The van der Waals surface area contributed by atoms with Gasteiger partial charge in [-0.15, -0.1) is 0 Å². The van der Waals surface area contributed by atoms with Gasteiger partial charge in [0, 0.05) is 19.0 Å². The van der Waals surface area contributed by atoms with Gasteiger partial charge in [-0.05, 0) is 17.7 Å². The standard InChI is InChI=1S/C13H15ClFNO4/c14-10-5-8(1-2-11(10)15)12-9(7-17)6-16(13(18)19)3-4-20-12/h1-2,5,9,12,17H,3-4,6-7H2,(H,18,19). The van der Waals surface area contributed by atoms with Crippen LogP contribution < -0.4 is 0 Å². The number of rotatable bonds is 2. The van der Waals surface area contributed by atoms with E-state index in [1.54, 1.807) is 0 Å². The Morgan fingerprint density at radius 1 is 1.55 bits per heavy atom. The van der Waals surface area contributed by atoms with Gasteiger partial charge in [0.1, 0.15) is 5.82 Å². The molecule has 110 valence electrons. The Bertz CT molecular complexity index is 499. The van der Waals surface area contributed by atoms with Crippen LogP contribution >= 0.6 is 11.6 Å². The number of aliphatic hydroxyl groups excluding tert-OH is 1. The second-order valence-electron chi connectivity index (χ2n) is 4.64. The first-order valence-electron chi connectivity index (χ1n) is 6.18. The molecule has 1 aliphatic rings. The second-order valence-corrected chi connectivity index (χ2v) is 5.04. The Kier molecular flexibility index (Phi) is 4.80. The molecule has 1 fully saturated rings. The average Bonchev–Trinajstić information content (AvgIpc) is 2.64. The highest BCUT2D eigenvalue weighted by molar-refractivity contribution is 6.30. The number of hydrogen-bond acceptors (Lipinski definition) is 3. The van der Waals surface area contributed by atoms with Gasteiger partial charge >= 0.3 is 6.09 Å². The molecule has 5 nitrogen and oxygen atoms in total. The minimum atomic E-state index is -1.05. The van der Waals surface area contributed by atoms with Crippen LogP contribution in [-0.4, -0.2) is 47.5 Å². The van der Waals surface area contributed by atoms with E-state index >= 15 is 0 Å². The van der Waals surface area contributed by atoms with E-state index in [-0.39, 0.29) is 31.3 Å². The van der Waals surface area contributed by atoms with Gasteiger partial charge in [0.2, 0.25) is 0 Å². The number of amides is 1. The summed E-state index contributed by atoms with van der Waals surface area (Å²) >= 11 is 5.75. The zero-order chi connectivity index (χ0) is 14.7. The molecule has 0 bridgehead atoms. The normalized spacial score (nSPS) is 23.4. The Morgan fingerprint density at radius 3 is 2.90 bits per heavy atom. The first-order chi connectivity index (χ1) is 9.52. The average molecular weight is 304 g/mol. The van der Waals surface area contributed by atoms with Gasteiger partial charge in [-0.2, -0.15) is 0 Å². The molecule has 0 aromatic heterocycles. The third kappa shape index (κ3) is 3.20. The van der Waals surface area contributed by atoms with E-state index in [9.17, 15) is 14.3 Å². The molecule has 2 atom stereocenters. The highest BCUT2D eigenvalue weighted by Gasteiger charge is 2.31. The van der Waals surface area contributed by atoms with Gasteiger partial charge in [-0.3, -0.25) is 0 Å². The number of carboxylic acid groups (broad SMARTS) is 1. The molecule has 2 rings (SSSR count). The van der Waals surface area contributed by atoms with Gasteiger partial charge in [0.25, 0.3) is 0 Å². The van der Waals surface area contributed by atoms with Crippen molar-refractivity contribution >= 4 is 17.7 Å². The Balaban J connectivity index is 2.24. The van der Waals surface area contributed by atoms with Gasteiger partial charge < -0.3 is 19.8 Å².